The molecule has 0 amide bonds. The third kappa shape index (κ3) is 2.87. The molecular formula is C19H18N2O3S. The third-order valence-electron chi connectivity index (χ3n) is 4.59. The Kier molecular flexibility index (Phi) is 4.13. The Bertz CT molecular complexity index is 951. The number of carbonyl (C=O) groups excluding carboxylic acids is 1. The van der Waals surface area contributed by atoms with Gasteiger partial charge in [-0.05, 0) is 48.9 Å². The highest BCUT2D eigenvalue weighted by Gasteiger charge is 2.24. The Morgan fingerprint density at radius 1 is 1.28 bits per heavy atom. The Morgan fingerprint density at radius 3 is 2.96 bits per heavy atom. The van der Waals surface area contributed by atoms with Gasteiger partial charge in [-0.1, -0.05) is 6.92 Å². The second-order valence-corrected chi connectivity index (χ2v) is 7.42. The normalized spacial score (nSPS) is 16.5. The largest absolute Gasteiger partial charge is 0.493 e. The van der Waals surface area contributed by atoms with Crippen molar-refractivity contribution >= 4 is 27.8 Å². The van der Waals surface area contributed by atoms with E-state index in [0.717, 1.165) is 29.3 Å². The summed E-state index contributed by atoms with van der Waals surface area (Å²) in [5, 5.41) is 1.01. The smallest absolute Gasteiger partial charge is 0.231 e. The summed E-state index contributed by atoms with van der Waals surface area (Å²) < 4.78 is 11.4. The molecule has 1 aliphatic rings. The summed E-state index contributed by atoms with van der Waals surface area (Å²) in [6.45, 7) is 2.29. The molecule has 1 aliphatic carbocycles. The Balaban J connectivity index is 1.79. The van der Waals surface area contributed by atoms with Crippen molar-refractivity contribution in [3.8, 4) is 17.4 Å². The lowest BCUT2D eigenvalue weighted by molar-refractivity contribution is 0.112. The molecule has 1 aromatic carbocycles. The number of ether oxygens (including phenoxy) is 2. The minimum absolute atomic E-state index is 0.508. The number of fused-ring (bicyclic) bond motifs is 3. The summed E-state index contributed by atoms with van der Waals surface area (Å²) >= 11 is 1.74. The number of benzene rings is 1. The highest BCUT2D eigenvalue weighted by Crippen LogP contribution is 2.42. The van der Waals surface area contributed by atoms with Crippen LogP contribution < -0.4 is 9.47 Å². The molecule has 3 aromatic rings. The molecule has 0 bridgehead atoms. The van der Waals surface area contributed by atoms with Crippen LogP contribution in [0.1, 0.15) is 34.1 Å². The van der Waals surface area contributed by atoms with Gasteiger partial charge in [0.05, 0.1) is 12.5 Å². The van der Waals surface area contributed by atoms with Gasteiger partial charge in [-0.15, -0.1) is 11.3 Å². The second-order valence-electron chi connectivity index (χ2n) is 6.34. The Morgan fingerprint density at radius 2 is 2.16 bits per heavy atom. The van der Waals surface area contributed by atoms with Crippen molar-refractivity contribution in [2.75, 3.05) is 7.11 Å². The van der Waals surface area contributed by atoms with Gasteiger partial charge in [0.25, 0.3) is 0 Å². The molecule has 0 saturated heterocycles. The number of aldehydes is 1. The molecule has 25 heavy (non-hydrogen) atoms. The van der Waals surface area contributed by atoms with Crippen molar-refractivity contribution in [2.24, 2.45) is 5.92 Å². The first kappa shape index (κ1) is 16.0. The van der Waals surface area contributed by atoms with Gasteiger partial charge in [-0.2, -0.15) is 0 Å². The molecule has 0 N–H and O–H groups in total. The van der Waals surface area contributed by atoms with E-state index in [1.54, 1.807) is 36.6 Å². The van der Waals surface area contributed by atoms with Crippen LogP contribution in [0.4, 0.5) is 0 Å². The average Bonchev–Trinajstić information content (AvgIpc) is 3.00. The minimum Gasteiger partial charge on any atom is -0.493 e. The lowest BCUT2D eigenvalue weighted by Gasteiger charge is -2.18. The Hall–Kier alpha value is -2.47. The van der Waals surface area contributed by atoms with Gasteiger partial charge in [0.1, 0.15) is 17.4 Å². The quantitative estimate of drug-likeness (QED) is 0.649. The van der Waals surface area contributed by atoms with E-state index in [0.29, 0.717) is 28.9 Å². The maximum atomic E-state index is 11.0. The number of nitrogens with zero attached hydrogens (tertiary/aromatic N) is 2. The number of aryl methyl sites for hydroxylation is 1. The predicted octanol–water partition coefficient (Wildman–Crippen LogP) is 4.43. The molecule has 0 fully saturated rings. The molecule has 0 spiro atoms. The number of rotatable bonds is 4. The number of methoxy groups -OCH3 is 1. The molecule has 0 radical (unpaired) electrons. The number of hydrogen-bond donors (Lipinski definition) is 0. The average molecular weight is 354 g/mol. The van der Waals surface area contributed by atoms with Crippen LogP contribution in [-0.4, -0.2) is 23.4 Å². The molecule has 6 heteroatoms. The van der Waals surface area contributed by atoms with Crippen molar-refractivity contribution in [3.63, 3.8) is 0 Å². The fraction of sp³-hybridized carbons (Fsp3) is 0.316. The zero-order valence-electron chi connectivity index (χ0n) is 14.1. The predicted molar refractivity (Wildman–Crippen MR) is 97.1 cm³/mol. The number of hydrogen-bond acceptors (Lipinski definition) is 6. The molecule has 1 unspecified atom stereocenters. The van der Waals surface area contributed by atoms with Gasteiger partial charge in [0.2, 0.25) is 5.88 Å². The molecule has 128 valence electrons. The molecule has 4 rings (SSSR count). The highest BCUT2D eigenvalue weighted by atomic mass is 32.1. The van der Waals surface area contributed by atoms with Crippen LogP contribution in [-0.2, 0) is 12.8 Å². The van der Waals surface area contributed by atoms with E-state index in [1.165, 1.54) is 23.2 Å². The number of aromatic nitrogens is 2. The monoisotopic (exact) mass is 354 g/mol. The van der Waals surface area contributed by atoms with E-state index < -0.39 is 0 Å². The summed E-state index contributed by atoms with van der Waals surface area (Å²) in [6.07, 6.45) is 5.61. The van der Waals surface area contributed by atoms with Gasteiger partial charge >= 0.3 is 0 Å². The zero-order chi connectivity index (χ0) is 17.4. The van der Waals surface area contributed by atoms with E-state index in [1.807, 2.05) is 0 Å². The fourth-order valence-electron chi connectivity index (χ4n) is 3.27. The molecule has 2 aromatic heterocycles. The molecule has 0 aliphatic heterocycles. The first-order chi connectivity index (χ1) is 12.2. The maximum Gasteiger partial charge on any atom is 0.231 e. The van der Waals surface area contributed by atoms with Crippen LogP contribution >= 0.6 is 11.3 Å². The summed E-state index contributed by atoms with van der Waals surface area (Å²) in [5.41, 5.74) is 1.86. The van der Waals surface area contributed by atoms with E-state index >= 15 is 0 Å². The standard InChI is InChI=1S/C19H18N2O3S/c1-11-3-5-13-16(7-11)25-19-17(13)18(20-10-21-19)24-14-6-4-12(9-22)8-15(14)23-2/h4,6,8-11H,3,5,7H2,1-2H3. The second kappa shape index (κ2) is 6.44. The Labute approximate surface area is 149 Å². The lowest BCUT2D eigenvalue weighted by Crippen LogP contribution is -2.08. The topological polar surface area (TPSA) is 61.3 Å². The van der Waals surface area contributed by atoms with Gasteiger partial charge < -0.3 is 9.47 Å². The van der Waals surface area contributed by atoms with Gasteiger partial charge in [-0.25, -0.2) is 9.97 Å². The van der Waals surface area contributed by atoms with E-state index in [4.69, 9.17) is 9.47 Å². The summed E-state index contributed by atoms with van der Waals surface area (Å²) in [5.74, 6) is 2.30. The first-order valence-electron chi connectivity index (χ1n) is 8.26. The molecular weight excluding hydrogens is 336 g/mol. The number of carbonyl (C=O) groups is 1. The van der Waals surface area contributed by atoms with E-state index in [2.05, 4.69) is 16.9 Å². The number of thiophene rings is 1. The van der Waals surface area contributed by atoms with Crippen molar-refractivity contribution in [2.45, 2.75) is 26.2 Å². The van der Waals surface area contributed by atoms with Crippen LogP contribution in [0.5, 0.6) is 17.4 Å². The minimum atomic E-state index is 0.508. The van der Waals surface area contributed by atoms with Crippen LogP contribution in [0.2, 0.25) is 0 Å². The zero-order valence-corrected chi connectivity index (χ0v) is 14.9. The van der Waals surface area contributed by atoms with Crippen molar-refractivity contribution in [1.82, 2.24) is 9.97 Å². The van der Waals surface area contributed by atoms with Crippen LogP contribution in [0.15, 0.2) is 24.5 Å². The van der Waals surface area contributed by atoms with Crippen molar-refractivity contribution < 1.29 is 14.3 Å². The SMILES string of the molecule is COc1cc(C=O)ccc1Oc1ncnc2sc3c(c12)CCC(C)C3. The van der Waals surface area contributed by atoms with E-state index in [-0.39, 0.29) is 0 Å². The third-order valence-corrected chi connectivity index (χ3v) is 5.75. The highest BCUT2D eigenvalue weighted by molar-refractivity contribution is 7.18. The van der Waals surface area contributed by atoms with E-state index in [9.17, 15) is 4.79 Å². The fourth-order valence-corrected chi connectivity index (χ4v) is 4.61. The lowest BCUT2D eigenvalue weighted by atomic mass is 9.89. The summed E-state index contributed by atoms with van der Waals surface area (Å²) in [6, 6.07) is 5.09. The summed E-state index contributed by atoms with van der Waals surface area (Å²) in [7, 11) is 1.56. The van der Waals surface area contributed by atoms with Gasteiger partial charge in [0, 0.05) is 10.4 Å². The molecule has 2 heterocycles. The van der Waals surface area contributed by atoms with Crippen LogP contribution in [0, 0.1) is 5.92 Å². The van der Waals surface area contributed by atoms with Crippen molar-refractivity contribution in [3.05, 3.63) is 40.5 Å². The van der Waals surface area contributed by atoms with Gasteiger partial charge in [0.15, 0.2) is 11.5 Å². The van der Waals surface area contributed by atoms with Gasteiger partial charge in [-0.3, -0.25) is 4.79 Å². The first-order valence-corrected chi connectivity index (χ1v) is 9.07. The van der Waals surface area contributed by atoms with Crippen molar-refractivity contribution in [1.29, 1.82) is 0 Å². The summed E-state index contributed by atoms with van der Waals surface area (Å²) in [4.78, 5) is 22.1. The molecule has 5 nitrogen and oxygen atoms in total. The molecule has 1 atom stereocenters. The maximum absolute atomic E-state index is 11.0. The van der Waals surface area contributed by atoms with Crippen LogP contribution in [0.3, 0.4) is 0 Å². The molecule has 0 saturated carbocycles. The van der Waals surface area contributed by atoms with Crippen LogP contribution in [0.25, 0.3) is 10.2 Å².